The van der Waals surface area contributed by atoms with Crippen LogP contribution in [0.1, 0.15) is 10.4 Å². The number of aryl methyl sites for hydroxylation is 1. The number of anilines is 3. The number of nitrogens with one attached hydrogen (secondary N) is 1. The highest BCUT2D eigenvalue weighted by Gasteiger charge is 2.14. The van der Waals surface area contributed by atoms with Gasteiger partial charge in [-0.25, -0.2) is 9.37 Å². The van der Waals surface area contributed by atoms with E-state index in [2.05, 4.69) is 15.4 Å². The van der Waals surface area contributed by atoms with Gasteiger partial charge in [0.25, 0.3) is 5.91 Å². The van der Waals surface area contributed by atoms with Crippen LogP contribution in [0.25, 0.3) is 10.9 Å². The molecule has 0 radical (unpaired) electrons. The lowest BCUT2D eigenvalue weighted by atomic mass is 10.2. The van der Waals surface area contributed by atoms with Crippen LogP contribution in [0.4, 0.5) is 21.7 Å². The summed E-state index contributed by atoms with van der Waals surface area (Å²) in [6.07, 6.45) is 1.71. The van der Waals surface area contributed by atoms with Gasteiger partial charge in [-0.1, -0.05) is 0 Å². The zero-order valence-electron chi connectivity index (χ0n) is 11.7. The molecule has 22 heavy (non-hydrogen) atoms. The van der Waals surface area contributed by atoms with Crippen molar-refractivity contribution in [3.63, 3.8) is 0 Å². The molecule has 3 rings (SSSR count). The molecule has 0 bridgehead atoms. The number of carbonyl (C=O) groups is 1. The van der Waals surface area contributed by atoms with Gasteiger partial charge in [-0.3, -0.25) is 9.48 Å². The van der Waals surface area contributed by atoms with Crippen molar-refractivity contribution in [3.8, 4) is 0 Å². The van der Waals surface area contributed by atoms with Crippen LogP contribution in [0.3, 0.4) is 0 Å². The van der Waals surface area contributed by atoms with E-state index >= 15 is 0 Å². The van der Waals surface area contributed by atoms with Crippen molar-refractivity contribution in [1.29, 1.82) is 0 Å². The summed E-state index contributed by atoms with van der Waals surface area (Å²) in [5, 5.41) is 7.98. The molecule has 0 fully saturated rings. The molecule has 2 heterocycles. The van der Waals surface area contributed by atoms with Crippen molar-refractivity contribution in [2.24, 2.45) is 12.8 Å². The summed E-state index contributed by atoms with van der Waals surface area (Å²) in [5.74, 6) is -1.79. The summed E-state index contributed by atoms with van der Waals surface area (Å²) < 4.78 is 15.2. The van der Waals surface area contributed by atoms with Crippen LogP contribution in [0.5, 0.6) is 0 Å². The third-order valence-corrected chi connectivity index (χ3v) is 3.28. The Hall–Kier alpha value is -3.16. The number of nitrogens with zero attached hydrogens (tertiary/aromatic N) is 3. The molecular formula is C14H13FN6O. The van der Waals surface area contributed by atoms with Crippen molar-refractivity contribution >= 4 is 34.1 Å². The normalized spacial score (nSPS) is 10.8. The van der Waals surface area contributed by atoms with Crippen LogP contribution in [0.15, 0.2) is 30.5 Å². The maximum atomic E-state index is 13.4. The Morgan fingerprint density at radius 1 is 1.36 bits per heavy atom. The lowest BCUT2D eigenvalue weighted by Crippen LogP contribution is -2.16. The number of pyridine rings is 1. The average molecular weight is 300 g/mol. The number of primary amides is 1. The zero-order chi connectivity index (χ0) is 15.9. The minimum absolute atomic E-state index is 0.0713. The van der Waals surface area contributed by atoms with Crippen LogP contribution in [-0.4, -0.2) is 20.7 Å². The average Bonchev–Trinajstić information content (AvgIpc) is 2.83. The van der Waals surface area contributed by atoms with Gasteiger partial charge in [0.05, 0.1) is 17.3 Å². The number of halogens is 1. The van der Waals surface area contributed by atoms with Crippen LogP contribution in [0, 0.1) is 5.82 Å². The maximum Gasteiger partial charge on any atom is 0.252 e. The van der Waals surface area contributed by atoms with Crippen molar-refractivity contribution in [1.82, 2.24) is 14.8 Å². The molecule has 8 heteroatoms. The second-order valence-electron chi connectivity index (χ2n) is 4.78. The van der Waals surface area contributed by atoms with Gasteiger partial charge >= 0.3 is 0 Å². The summed E-state index contributed by atoms with van der Waals surface area (Å²) in [7, 11) is 1.84. The second kappa shape index (κ2) is 4.99. The highest BCUT2D eigenvalue weighted by Crippen LogP contribution is 2.24. The monoisotopic (exact) mass is 300 g/mol. The number of aromatic nitrogens is 3. The Morgan fingerprint density at radius 2 is 2.14 bits per heavy atom. The Morgan fingerprint density at radius 3 is 2.86 bits per heavy atom. The van der Waals surface area contributed by atoms with Crippen LogP contribution in [-0.2, 0) is 7.05 Å². The van der Waals surface area contributed by atoms with Crippen LogP contribution >= 0.6 is 0 Å². The van der Waals surface area contributed by atoms with E-state index in [4.69, 9.17) is 11.5 Å². The lowest BCUT2D eigenvalue weighted by Gasteiger charge is -2.10. The predicted octanol–water partition coefficient (Wildman–Crippen LogP) is 1.53. The maximum absolute atomic E-state index is 13.4. The Kier molecular flexibility index (Phi) is 3.13. The lowest BCUT2D eigenvalue weighted by molar-refractivity contribution is 0.100. The van der Waals surface area contributed by atoms with Crippen molar-refractivity contribution in [2.45, 2.75) is 0 Å². The molecule has 3 aromatic rings. The standard InChI is InChI=1S/C14H13FN6O/c1-21-11-3-2-8(4-7(11)6-18-21)19-14-9(13(17)22)5-10(15)12(16)20-14/h2-6H,1H3,(H2,17,22)(H3,16,19,20). The van der Waals surface area contributed by atoms with Gasteiger partial charge in [-0.05, 0) is 24.3 Å². The molecular weight excluding hydrogens is 287 g/mol. The number of amides is 1. The van der Waals surface area contributed by atoms with Gasteiger partial charge in [-0.15, -0.1) is 0 Å². The first-order valence-electron chi connectivity index (χ1n) is 6.40. The predicted molar refractivity (Wildman–Crippen MR) is 81.1 cm³/mol. The highest BCUT2D eigenvalue weighted by atomic mass is 19.1. The summed E-state index contributed by atoms with van der Waals surface area (Å²) in [6.45, 7) is 0. The minimum Gasteiger partial charge on any atom is -0.381 e. The summed E-state index contributed by atoms with van der Waals surface area (Å²) in [5.41, 5.74) is 12.2. The van der Waals surface area contributed by atoms with Gasteiger partial charge in [0, 0.05) is 18.1 Å². The molecule has 1 amide bonds. The summed E-state index contributed by atoms with van der Waals surface area (Å²) >= 11 is 0. The van der Waals surface area contributed by atoms with E-state index in [0.29, 0.717) is 5.69 Å². The topological polar surface area (TPSA) is 112 Å². The van der Waals surface area contributed by atoms with Crippen molar-refractivity contribution in [2.75, 3.05) is 11.1 Å². The molecule has 2 aromatic heterocycles. The zero-order valence-corrected chi connectivity index (χ0v) is 11.7. The summed E-state index contributed by atoms with van der Waals surface area (Å²) in [4.78, 5) is 15.3. The third kappa shape index (κ3) is 2.30. The molecule has 0 saturated carbocycles. The highest BCUT2D eigenvalue weighted by molar-refractivity contribution is 5.98. The molecule has 0 unspecified atom stereocenters. The SMILES string of the molecule is Cn1ncc2cc(Nc3nc(N)c(F)cc3C(N)=O)ccc21. The van der Waals surface area contributed by atoms with E-state index in [1.54, 1.807) is 16.9 Å². The van der Waals surface area contributed by atoms with Gasteiger partial charge in [-0.2, -0.15) is 5.10 Å². The second-order valence-corrected chi connectivity index (χ2v) is 4.78. The number of fused-ring (bicyclic) bond motifs is 1. The van der Waals surface area contributed by atoms with Crippen LogP contribution in [0.2, 0.25) is 0 Å². The van der Waals surface area contributed by atoms with Crippen molar-refractivity contribution in [3.05, 3.63) is 41.8 Å². The number of nitrogen functional groups attached to an aromatic ring is 1. The molecule has 1 aromatic carbocycles. The largest absolute Gasteiger partial charge is 0.381 e. The van der Waals surface area contributed by atoms with E-state index in [-0.39, 0.29) is 17.2 Å². The first-order valence-corrected chi connectivity index (χ1v) is 6.40. The third-order valence-electron chi connectivity index (χ3n) is 3.28. The van der Waals surface area contributed by atoms with Crippen molar-refractivity contribution < 1.29 is 9.18 Å². The molecule has 0 aliphatic carbocycles. The number of carbonyl (C=O) groups excluding carboxylic acids is 1. The van der Waals surface area contributed by atoms with E-state index in [0.717, 1.165) is 17.0 Å². The molecule has 7 nitrogen and oxygen atoms in total. The fourth-order valence-corrected chi connectivity index (χ4v) is 2.16. The molecule has 0 aliphatic rings. The molecule has 5 N–H and O–H groups in total. The Bertz CT molecular complexity index is 888. The fraction of sp³-hybridized carbons (Fsp3) is 0.0714. The number of nitrogens with two attached hydrogens (primary N) is 2. The molecule has 0 atom stereocenters. The first-order chi connectivity index (χ1) is 10.5. The van der Waals surface area contributed by atoms with E-state index in [1.807, 2.05) is 19.2 Å². The molecule has 0 saturated heterocycles. The molecule has 0 spiro atoms. The fourth-order valence-electron chi connectivity index (χ4n) is 2.16. The molecule has 112 valence electrons. The number of hydrogen-bond donors (Lipinski definition) is 3. The number of benzene rings is 1. The van der Waals surface area contributed by atoms with Gasteiger partial charge in [0.2, 0.25) is 0 Å². The van der Waals surface area contributed by atoms with Gasteiger partial charge < -0.3 is 16.8 Å². The Labute approximate surface area is 124 Å². The first kappa shape index (κ1) is 13.8. The van der Waals surface area contributed by atoms with E-state index < -0.39 is 11.7 Å². The van der Waals surface area contributed by atoms with Crippen LogP contribution < -0.4 is 16.8 Å². The smallest absolute Gasteiger partial charge is 0.252 e. The summed E-state index contributed by atoms with van der Waals surface area (Å²) in [6, 6.07) is 6.45. The van der Waals surface area contributed by atoms with E-state index in [1.165, 1.54) is 0 Å². The van der Waals surface area contributed by atoms with E-state index in [9.17, 15) is 9.18 Å². The minimum atomic E-state index is -0.795. The molecule has 0 aliphatic heterocycles. The van der Waals surface area contributed by atoms with Gasteiger partial charge in [0.15, 0.2) is 11.6 Å². The van der Waals surface area contributed by atoms with Gasteiger partial charge in [0.1, 0.15) is 5.82 Å². The quantitative estimate of drug-likeness (QED) is 0.679. The Balaban J connectivity index is 2.03. The number of hydrogen-bond acceptors (Lipinski definition) is 5. The number of rotatable bonds is 3.